The summed E-state index contributed by atoms with van der Waals surface area (Å²) in [5, 5.41) is 0. The molecular weight excluding hydrogens is 166 g/mol. The molecule has 5 heteroatoms. The SMILES string of the molecule is CCOC1(CN)CS(=O)(=O)C1. The topological polar surface area (TPSA) is 69.4 Å². The van der Waals surface area contributed by atoms with E-state index in [4.69, 9.17) is 10.5 Å². The van der Waals surface area contributed by atoms with Gasteiger partial charge in [-0.25, -0.2) is 8.42 Å². The molecule has 0 saturated carbocycles. The molecule has 0 aliphatic carbocycles. The molecule has 0 bridgehead atoms. The summed E-state index contributed by atoms with van der Waals surface area (Å²) in [6.45, 7) is 2.65. The standard InChI is InChI=1S/C6H13NO3S/c1-2-10-6(3-7)4-11(8,9)5-6/h2-5,7H2,1H3. The Morgan fingerprint density at radius 3 is 2.36 bits per heavy atom. The van der Waals surface area contributed by atoms with Gasteiger partial charge >= 0.3 is 0 Å². The Labute approximate surface area is 66.6 Å². The minimum atomic E-state index is -2.83. The fraction of sp³-hybridized carbons (Fsp3) is 1.00. The van der Waals surface area contributed by atoms with Crippen molar-refractivity contribution in [2.75, 3.05) is 24.7 Å². The zero-order chi connectivity index (χ0) is 8.54. The number of hydrogen-bond acceptors (Lipinski definition) is 4. The zero-order valence-corrected chi connectivity index (χ0v) is 7.36. The van der Waals surface area contributed by atoms with E-state index in [0.29, 0.717) is 13.2 Å². The summed E-state index contributed by atoms with van der Waals surface area (Å²) in [5.74, 6) is 0.175. The normalized spacial score (nSPS) is 26.0. The molecule has 1 rings (SSSR count). The molecule has 1 heterocycles. The van der Waals surface area contributed by atoms with E-state index in [-0.39, 0.29) is 11.5 Å². The first-order valence-electron chi connectivity index (χ1n) is 3.58. The Bertz CT molecular complexity index is 222. The number of hydrogen-bond donors (Lipinski definition) is 1. The van der Waals surface area contributed by atoms with Crippen LogP contribution in [0.1, 0.15) is 6.92 Å². The van der Waals surface area contributed by atoms with E-state index in [1.807, 2.05) is 6.92 Å². The smallest absolute Gasteiger partial charge is 0.156 e. The van der Waals surface area contributed by atoms with Crippen LogP contribution in [0.3, 0.4) is 0 Å². The van der Waals surface area contributed by atoms with Crippen molar-refractivity contribution in [3.63, 3.8) is 0 Å². The molecule has 2 N–H and O–H groups in total. The van der Waals surface area contributed by atoms with Gasteiger partial charge in [0.15, 0.2) is 9.84 Å². The van der Waals surface area contributed by atoms with E-state index in [0.717, 1.165) is 0 Å². The molecule has 66 valence electrons. The maximum Gasteiger partial charge on any atom is 0.156 e. The van der Waals surface area contributed by atoms with Gasteiger partial charge in [0.2, 0.25) is 0 Å². The molecule has 1 saturated heterocycles. The van der Waals surface area contributed by atoms with Gasteiger partial charge in [-0.15, -0.1) is 0 Å². The second-order valence-corrected chi connectivity index (χ2v) is 4.92. The first-order chi connectivity index (χ1) is 5.04. The summed E-state index contributed by atoms with van der Waals surface area (Å²) in [7, 11) is -2.83. The fourth-order valence-corrected chi connectivity index (χ4v) is 3.25. The number of rotatable bonds is 3. The van der Waals surface area contributed by atoms with Crippen LogP contribution in [-0.4, -0.2) is 38.7 Å². The lowest BCUT2D eigenvalue weighted by Crippen LogP contribution is -2.61. The molecule has 1 aliphatic rings. The third kappa shape index (κ3) is 1.72. The van der Waals surface area contributed by atoms with Gasteiger partial charge in [-0.05, 0) is 6.92 Å². The lowest BCUT2D eigenvalue weighted by atomic mass is 10.1. The summed E-state index contributed by atoms with van der Waals surface area (Å²) < 4.78 is 26.8. The quantitative estimate of drug-likeness (QED) is 0.612. The van der Waals surface area contributed by atoms with Crippen molar-refractivity contribution in [3.8, 4) is 0 Å². The van der Waals surface area contributed by atoms with Gasteiger partial charge in [-0.1, -0.05) is 0 Å². The molecule has 0 spiro atoms. The van der Waals surface area contributed by atoms with E-state index < -0.39 is 15.4 Å². The van der Waals surface area contributed by atoms with Gasteiger partial charge in [0.25, 0.3) is 0 Å². The lowest BCUT2D eigenvalue weighted by Gasteiger charge is -2.39. The van der Waals surface area contributed by atoms with E-state index in [2.05, 4.69) is 0 Å². The summed E-state index contributed by atoms with van der Waals surface area (Å²) in [6.07, 6.45) is 0. The van der Waals surface area contributed by atoms with Crippen molar-refractivity contribution in [2.45, 2.75) is 12.5 Å². The maximum absolute atomic E-state index is 10.8. The van der Waals surface area contributed by atoms with Crippen LogP contribution >= 0.6 is 0 Å². The molecule has 0 aromatic rings. The van der Waals surface area contributed by atoms with Crippen LogP contribution < -0.4 is 5.73 Å². The molecule has 0 amide bonds. The van der Waals surface area contributed by atoms with Gasteiger partial charge in [0.1, 0.15) is 5.60 Å². The van der Waals surface area contributed by atoms with E-state index in [9.17, 15) is 8.42 Å². The van der Waals surface area contributed by atoms with E-state index in [1.165, 1.54) is 0 Å². The Morgan fingerprint density at radius 2 is 2.09 bits per heavy atom. The summed E-state index contributed by atoms with van der Waals surface area (Å²) in [4.78, 5) is 0. The summed E-state index contributed by atoms with van der Waals surface area (Å²) in [5.41, 5.74) is 4.82. The Balaban J connectivity index is 2.56. The molecule has 0 unspecified atom stereocenters. The third-order valence-electron chi connectivity index (χ3n) is 1.79. The highest BCUT2D eigenvalue weighted by molar-refractivity contribution is 7.93. The first kappa shape index (κ1) is 8.96. The predicted octanol–water partition coefficient (Wildman–Crippen LogP) is -0.851. The van der Waals surface area contributed by atoms with Crippen LogP contribution in [-0.2, 0) is 14.6 Å². The second-order valence-electron chi connectivity index (χ2n) is 2.85. The third-order valence-corrected chi connectivity index (χ3v) is 3.72. The number of nitrogens with two attached hydrogens (primary N) is 1. The molecule has 0 aromatic carbocycles. The van der Waals surface area contributed by atoms with E-state index in [1.54, 1.807) is 0 Å². The van der Waals surface area contributed by atoms with Gasteiger partial charge in [-0.3, -0.25) is 0 Å². The minimum absolute atomic E-state index is 0.0876. The first-order valence-corrected chi connectivity index (χ1v) is 5.40. The van der Waals surface area contributed by atoms with Crippen molar-refractivity contribution in [2.24, 2.45) is 5.73 Å². The van der Waals surface area contributed by atoms with Crippen molar-refractivity contribution in [3.05, 3.63) is 0 Å². The van der Waals surface area contributed by atoms with Crippen molar-refractivity contribution in [1.29, 1.82) is 0 Å². The Hall–Kier alpha value is -0.130. The van der Waals surface area contributed by atoms with E-state index >= 15 is 0 Å². The highest BCUT2D eigenvalue weighted by Crippen LogP contribution is 2.26. The van der Waals surface area contributed by atoms with Crippen LogP contribution in [0.2, 0.25) is 0 Å². The molecule has 1 aliphatic heterocycles. The fourth-order valence-electron chi connectivity index (χ4n) is 1.33. The van der Waals surface area contributed by atoms with Crippen LogP contribution in [0.15, 0.2) is 0 Å². The van der Waals surface area contributed by atoms with Crippen molar-refractivity contribution in [1.82, 2.24) is 0 Å². The monoisotopic (exact) mass is 179 g/mol. The van der Waals surface area contributed by atoms with Gasteiger partial charge in [-0.2, -0.15) is 0 Å². The predicted molar refractivity (Wildman–Crippen MR) is 42.1 cm³/mol. The molecule has 0 atom stereocenters. The summed E-state index contributed by atoms with van der Waals surface area (Å²) in [6, 6.07) is 0. The molecule has 0 radical (unpaired) electrons. The lowest BCUT2D eigenvalue weighted by molar-refractivity contribution is -0.00835. The van der Waals surface area contributed by atoms with Crippen molar-refractivity contribution < 1.29 is 13.2 Å². The summed E-state index contributed by atoms with van der Waals surface area (Å²) >= 11 is 0. The zero-order valence-electron chi connectivity index (χ0n) is 6.54. The van der Waals surface area contributed by atoms with Crippen LogP contribution in [0.25, 0.3) is 0 Å². The molecule has 0 aromatic heterocycles. The van der Waals surface area contributed by atoms with Crippen LogP contribution in [0.5, 0.6) is 0 Å². The molecule has 4 nitrogen and oxygen atoms in total. The van der Waals surface area contributed by atoms with Gasteiger partial charge in [0.05, 0.1) is 11.5 Å². The average Bonchev–Trinajstić information content (AvgIpc) is 1.84. The van der Waals surface area contributed by atoms with Gasteiger partial charge in [0, 0.05) is 13.2 Å². The maximum atomic E-state index is 10.8. The van der Waals surface area contributed by atoms with Gasteiger partial charge < -0.3 is 10.5 Å². The Morgan fingerprint density at radius 1 is 1.55 bits per heavy atom. The average molecular weight is 179 g/mol. The number of ether oxygens (including phenoxy) is 1. The molecule has 1 fully saturated rings. The second kappa shape index (κ2) is 2.73. The van der Waals surface area contributed by atoms with Crippen LogP contribution in [0.4, 0.5) is 0 Å². The van der Waals surface area contributed by atoms with Crippen molar-refractivity contribution >= 4 is 9.84 Å². The Kier molecular flexibility index (Phi) is 2.22. The highest BCUT2D eigenvalue weighted by atomic mass is 32.2. The highest BCUT2D eigenvalue weighted by Gasteiger charge is 2.48. The number of sulfone groups is 1. The van der Waals surface area contributed by atoms with Crippen LogP contribution in [0, 0.1) is 0 Å². The largest absolute Gasteiger partial charge is 0.372 e. The molecular formula is C6H13NO3S. The minimum Gasteiger partial charge on any atom is -0.372 e. The molecule has 11 heavy (non-hydrogen) atoms.